The second-order valence-electron chi connectivity index (χ2n) is 5.71. The van der Waals surface area contributed by atoms with Crippen molar-refractivity contribution in [2.45, 2.75) is 19.9 Å². The van der Waals surface area contributed by atoms with Crippen molar-refractivity contribution in [3.8, 4) is 5.75 Å². The molecule has 2 heterocycles. The van der Waals surface area contributed by atoms with Crippen LogP contribution in [0.3, 0.4) is 0 Å². The predicted molar refractivity (Wildman–Crippen MR) is 95.9 cm³/mol. The van der Waals surface area contributed by atoms with Gasteiger partial charge in [0, 0.05) is 36.8 Å². The molecule has 0 saturated carbocycles. The number of nitrogens with one attached hydrogen (secondary N) is 1. The predicted octanol–water partition coefficient (Wildman–Crippen LogP) is 3.09. The third-order valence-electron chi connectivity index (χ3n) is 3.93. The van der Waals surface area contributed by atoms with Crippen LogP contribution >= 0.6 is 0 Å². The van der Waals surface area contributed by atoms with Crippen molar-refractivity contribution in [2.24, 2.45) is 0 Å². The van der Waals surface area contributed by atoms with E-state index in [2.05, 4.69) is 15.4 Å². The molecule has 3 aromatic rings. The van der Waals surface area contributed by atoms with Crippen LogP contribution in [0, 0.1) is 6.92 Å². The average Bonchev–Trinajstić information content (AvgIpc) is 3.08. The number of pyridine rings is 1. The second-order valence-corrected chi connectivity index (χ2v) is 5.71. The molecule has 6 nitrogen and oxygen atoms in total. The first-order valence-corrected chi connectivity index (χ1v) is 8.04. The maximum atomic E-state index is 12.4. The number of nitrogens with zero attached hydrogens (tertiary/aromatic N) is 3. The van der Waals surface area contributed by atoms with Gasteiger partial charge in [-0.1, -0.05) is 6.07 Å². The summed E-state index contributed by atoms with van der Waals surface area (Å²) < 4.78 is 7.07. The number of carbonyl (C=O) groups is 1. The standard InChI is InChI=1S/C19H20N4O2/c1-14-3-4-16(13-17(14)25-2)19(24)21-18-8-12-23(22-18)11-7-15-5-9-20-10-6-15/h3-6,8-10,12-13H,7,11H2,1-2H3,(H,21,22,24). The lowest BCUT2D eigenvalue weighted by molar-refractivity contribution is 0.102. The van der Waals surface area contributed by atoms with Crippen molar-refractivity contribution in [3.63, 3.8) is 0 Å². The first kappa shape index (κ1) is 16.7. The molecule has 0 fully saturated rings. The normalized spacial score (nSPS) is 10.5. The summed E-state index contributed by atoms with van der Waals surface area (Å²) in [6, 6.07) is 11.1. The van der Waals surface area contributed by atoms with Gasteiger partial charge in [0.1, 0.15) is 5.75 Å². The highest BCUT2D eigenvalue weighted by molar-refractivity contribution is 6.04. The average molecular weight is 336 g/mol. The van der Waals surface area contributed by atoms with E-state index < -0.39 is 0 Å². The highest BCUT2D eigenvalue weighted by atomic mass is 16.5. The highest BCUT2D eigenvalue weighted by Gasteiger charge is 2.10. The molecule has 128 valence electrons. The molecule has 2 aromatic heterocycles. The van der Waals surface area contributed by atoms with Crippen LogP contribution in [-0.2, 0) is 13.0 Å². The van der Waals surface area contributed by atoms with Gasteiger partial charge in [-0.05, 0) is 48.7 Å². The molecule has 0 unspecified atom stereocenters. The Bertz CT molecular complexity index is 859. The second kappa shape index (κ2) is 7.61. The minimum absolute atomic E-state index is 0.210. The number of anilines is 1. The lowest BCUT2D eigenvalue weighted by Gasteiger charge is -2.07. The van der Waals surface area contributed by atoms with Crippen LogP contribution in [0.5, 0.6) is 5.75 Å². The number of benzene rings is 1. The number of aromatic nitrogens is 3. The molecule has 0 aliphatic rings. The molecule has 3 rings (SSSR count). The third kappa shape index (κ3) is 4.23. The van der Waals surface area contributed by atoms with E-state index in [1.54, 1.807) is 37.7 Å². The van der Waals surface area contributed by atoms with Crippen LogP contribution in [0.4, 0.5) is 5.82 Å². The minimum Gasteiger partial charge on any atom is -0.496 e. The molecule has 0 spiro atoms. The Morgan fingerprint density at radius 3 is 2.76 bits per heavy atom. The molecule has 0 atom stereocenters. The van der Waals surface area contributed by atoms with Gasteiger partial charge in [-0.25, -0.2) is 0 Å². The maximum Gasteiger partial charge on any atom is 0.256 e. The Morgan fingerprint density at radius 1 is 1.20 bits per heavy atom. The number of aryl methyl sites for hydroxylation is 3. The van der Waals surface area contributed by atoms with E-state index in [-0.39, 0.29) is 5.91 Å². The van der Waals surface area contributed by atoms with Gasteiger partial charge in [0.15, 0.2) is 5.82 Å². The van der Waals surface area contributed by atoms with E-state index in [1.807, 2.05) is 36.0 Å². The number of carbonyl (C=O) groups excluding carboxylic acids is 1. The molecular weight excluding hydrogens is 316 g/mol. The van der Waals surface area contributed by atoms with Crippen molar-refractivity contribution in [2.75, 3.05) is 12.4 Å². The van der Waals surface area contributed by atoms with Gasteiger partial charge in [0.05, 0.1) is 7.11 Å². The largest absolute Gasteiger partial charge is 0.496 e. The van der Waals surface area contributed by atoms with E-state index in [0.717, 1.165) is 18.5 Å². The van der Waals surface area contributed by atoms with E-state index in [0.29, 0.717) is 17.1 Å². The van der Waals surface area contributed by atoms with Gasteiger partial charge in [-0.15, -0.1) is 0 Å². The van der Waals surface area contributed by atoms with Gasteiger partial charge in [-0.3, -0.25) is 14.5 Å². The number of methoxy groups -OCH3 is 1. The molecule has 0 radical (unpaired) electrons. The van der Waals surface area contributed by atoms with Crippen LogP contribution in [0.1, 0.15) is 21.5 Å². The van der Waals surface area contributed by atoms with Crippen molar-refractivity contribution < 1.29 is 9.53 Å². The molecule has 1 aromatic carbocycles. The maximum absolute atomic E-state index is 12.4. The summed E-state index contributed by atoms with van der Waals surface area (Å²) in [5.41, 5.74) is 2.72. The molecule has 1 amide bonds. The SMILES string of the molecule is COc1cc(C(=O)Nc2ccn(CCc3ccncc3)n2)ccc1C. The Hall–Kier alpha value is -3.15. The fraction of sp³-hybridized carbons (Fsp3) is 0.211. The molecule has 25 heavy (non-hydrogen) atoms. The van der Waals surface area contributed by atoms with Crippen molar-refractivity contribution in [1.29, 1.82) is 0 Å². The molecule has 0 aliphatic heterocycles. The number of hydrogen-bond donors (Lipinski definition) is 1. The monoisotopic (exact) mass is 336 g/mol. The molecule has 0 bridgehead atoms. The lowest BCUT2D eigenvalue weighted by atomic mass is 10.1. The van der Waals surface area contributed by atoms with Crippen LogP contribution < -0.4 is 10.1 Å². The lowest BCUT2D eigenvalue weighted by Crippen LogP contribution is -2.13. The van der Waals surface area contributed by atoms with Crippen molar-refractivity contribution >= 4 is 11.7 Å². The summed E-state index contributed by atoms with van der Waals surface area (Å²) in [6.07, 6.45) is 6.26. The van der Waals surface area contributed by atoms with E-state index in [1.165, 1.54) is 5.56 Å². The summed E-state index contributed by atoms with van der Waals surface area (Å²) in [4.78, 5) is 16.4. The number of amides is 1. The first-order valence-electron chi connectivity index (χ1n) is 8.04. The summed E-state index contributed by atoms with van der Waals surface area (Å²) in [7, 11) is 1.59. The van der Waals surface area contributed by atoms with Crippen LogP contribution in [0.2, 0.25) is 0 Å². The molecule has 6 heteroatoms. The Labute approximate surface area is 146 Å². The van der Waals surface area contributed by atoms with Crippen LogP contribution in [0.25, 0.3) is 0 Å². The van der Waals surface area contributed by atoms with Gasteiger partial charge < -0.3 is 10.1 Å². The summed E-state index contributed by atoms with van der Waals surface area (Å²) in [5.74, 6) is 1.01. The first-order chi connectivity index (χ1) is 12.2. The van der Waals surface area contributed by atoms with Gasteiger partial charge in [0.2, 0.25) is 0 Å². The Kier molecular flexibility index (Phi) is 5.09. The van der Waals surface area contributed by atoms with E-state index in [9.17, 15) is 4.79 Å². The van der Waals surface area contributed by atoms with E-state index >= 15 is 0 Å². The van der Waals surface area contributed by atoms with Crippen molar-refractivity contribution in [3.05, 3.63) is 71.7 Å². The molecule has 1 N–H and O–H groups in total. The molecule has 0 saturated heterocycles. The highest BCUT2D eigenvalue weighted by Crippen LogP contribution is 2.19. The Balaban J connectivity index is 1.62. The summed E-state index contributed by atoms with van der Waals surface area (Å²) in [5, 5.41) is 7.20. The van der Waals surface area contributed by atoms with E-state index in [4.69, 9.17) is 4.74 Å². The number of hydrogen-bond acceptors (Lipinski definition) is 4. The third-order valence-corrected chi connectivity index (χ3v) is 3.93. The molecule has 0 aliphatic carbocycles. The topological polar surface area (TPSA) is 69.0 Å². The fourth-order valence-electron chi connectivity index (χ4n) is 2.50. The van der Waals surface area contributed by atoms with Crippen molar-refractivity contribution in [1.82, 2.24) is 14.8 Å². The van der Waals surface area contributed by atoms with Gasteiger partial charge in [-0.2, -0.15) is 5.10 Å². The zero-order valence-corrected chi connectivity index (χ0v) is 14.3. The zero-order chi connectivity index (χ0) is 17.6. The van der Waals surface area contributed by atoms with Crippen LogP contribution in [-0.4, -0.2) is 27.8 Å². The summed E-state index contributed by atoms with van der Waals surface area (Å²) in [6.45, 7) is 2.67. The smallest absolute Gasteiger partial charge is 0.256 e. The zero-order valence-electron chi connectivity index (χ0n) is 14.3. The number of rotatable bonds is 6. The minimum atomic E-state index is -0.210. The fourth-order valence-corrected chi connectivity index (χ4v) is 2.50. The summed E-state index contributed by atoms with van der Waals surface area (Å²) >= 11 is 0. The van der Waals surface area contributed by atoms with Gasteiger partial charge >= 0.3 is 0 Å². The van der Waals surface area contributed by atoms with Gasteiger partial charge in [0.25, 0.3) is 5.91 Å². The molecular formula is C19H20N4O2. The van der Waals surface area contributed by atoms with Crippen LogP contribution in [0.15, 0.2) is 55.0 Å². The number of ether oxygens (including phenoxy) is 1. The quantitative estimate of drug-likeness (QED) is 0.751. The Morgan fingerprint density at radius 2 is 2.00 bits per heavy atom.